The molecule has 2 heterocycles. The predicted octanol–water partition coefficient (Wildman–Crippen LogP) is 2.68. The number of halogens is 1. The molecule has 0 saturated carbocycles. The van der Waals surface area contributed by atoms with Crippen LogP contribution in [0.5, 0.6) is 0 Å². The number of hydrogen-bond donors (Lipinski definition) is 1. The minimum Gasteiger partial charge on any atom is -0.354 e. The maximum Gasteiger partial charge on any atom is 0.225 e. The molecule has 1 aromatic carbocycles. The average Bonchev–Trinajstić information content (AvgIpc) is 2.61. The summed E-state index contributed by atoms with van der Waals surface area (Å²) in [6.07, 6.45) is 0. The number of likely N-dealkylation sites (N-methyl/N-ethyl adjacent to an activating group) is 1. The van der Waals surface area contributed by atoms with Crippen molar-refractivity contribution < 1.29 is 4.39 Å². The number of benzene rings is 1. The van der Waals surface area contributed by atoms with Crippen molar-refractivity contribution in [2.45, 2.75) is 20.4 Å². The van der Waals surface area contributed by atoms with Crippen molar-refractivity contribution in [3.8, 4) is 0 Å². The molecular weight excluding hydrogens is 305 g/mol. The molecule has 0 aliphatic carbocycles. The first-order chi connectivity index (χ1) is 11.6. The number of hydrogen-bond acceptors (Lipinski definition) is 5. The fourth-order valence-electron chi connectivity index (χ4n) is 2.87. The van der Waals surface area contributed by atoms with E-state index >= 15 is 0 Å². The van der Waals surface area contributed by atoms with E-state index in [0.717, 1.165) is 49.8 Å². The van der Waals surface area contributed by atoms with Crippen molar-refractivity contribution >= 4 is 11.8 Å². The minimum absolute atomic E-state index is 0.223. The van der Waals surface area contributed by atoms with Crippen molar-refractivity contribution in [2.24, 2.45) is 0 Å². The second-order valence-corrected chi connectivity index (χ2v) is 6.09. The summed E-state index contributed by atoms with van der Waals surface area (Å²) in [6.45, 7) is 9.96. The Morgan fingerprint density at radius 3 is 2.46 bits per heavy atom. The van der Waals surface area contributed by atoms with Gasteiger partial charge in [-0.2, -0.15) is 4.98 Å². The van der Waals surface area contributed by atoms with Crippen molar-refractivity contribution in [3.05, 3.63) is 47.4 Å². The highest BCUT2D eigenvalue weighted by molar-refractivity contribution is 5.45. The van der Waals surface area contributed by atoms with E-state index in [1.54, 1.807) is 12.1 Å². The quantitative estimate of drug-likeness (QED) is 0.914. The Kier molecular flexibility index (Phi) is 5.25. The number of aryl methyl sites for hydroxylation is 1. The maximum absolute atomic E-state index is 13.0. The summed E-state index contributed by atoms with van der Waals surface area (Å²) in [5.41, 5.74) is 1.94. The van der Waals surface area contributed by atoms with E-state index in [2.05, 4.69) is 32.0 Å². The number of piperazine rings is 1. The van der Waals surface area contributed by atoms with Gasteiger partial charge < -0.3 is 15.1 Å². The highest BCUT2D eigenvalue weighted by atomic mass is 19.1. The van der Waals surface area contributed by atoms with Crippen molar-refractivity contribution in [1.82, 2.24) is 14.9 Å². The summed E-state index contributed by atoms with van der Waals surface area (Å²) in [7, 11) is 0. The highest BCUT2D eigenvalue weighted by Gasteiger charge is 2.17. The van der Waals surface area contributed by atoms with E-state index in [-0.39, 0.29) is 5.82 Å². The molecule has 0 amide bonds. The molecule has 5 nitrogen and oxygen atoms in total. The van der Waals surface area contributed by atoms with Crippen LogP contribution in [0.4, 0.5) is 16.2 Å². The van der Waals surface area contributed by atoms with Crippen LogP contribution in [0.2, 0.25) is 0 Å². The Morgan fingerprint density at radius 1 is 1.08 bits per heavy atom. The second kappa shape index (κ2) is 7.57. The lowest BCUT2D eigenvalue weighted by Crippen LogP contribution is -2.46. The van der Waals surface area contributed by atoms with E-state index in [1.807, 2.05) is 13.0 Å². The molecule has 0 atom stereocenters. The van der Waals surface area contributed by atoms with Crippen LogP contribution in [0.25, 0.3) is 0 Å². The van der Waals surface area contributed by atoms with Gasteiger partial charge in [-0.25, -0.2) is 9.37 Å². The molecule has 2 aromatic rings. The number of nitrogens with zero attached hydrogens (tertiary/aromatic N) is 4. The summed E-state index contributed by atoms with van der Waals surface area (Å²) >= 11 is 0. The van der Waals surface area contributed by atoms with Gasteiger partial charge >= 0.3 is 0 Å². The first-order valence-electron chi connectivity index (χ1n) is 8.45. The Bertz CT molecular complexity index is 666. The molecule has 1 aliphatic heterocycles. The number of anilines is 2. The smallest absolute Gasteiger partial charge is 0.225 e. The van der Waals surface area contributed by atoms with Gasteiger partial charge in [0.1, 0.15) is 11.6 Å². The molecule has 128 valence electrons. The van der Waals surface area contributed by atoms with Crippen molar-refractivity contribution in [1.29, 1.82) is 0 Å². The second-order valence-electron chi connectivity index (χ2n) is 6.09. The monoisotopic (exact) mass is 329 g/mol. The molecule has 1 fully saturated rings. The molecule has 1 N–H and O–H groups in total. The Morgan fingerprint density at radius 2 is 1.79 bits per heavy atom. The highest BCUT2D eigenvalue weighted by Crippen LogP contribution is 2.17. The summed E-state index contributed by atoms with van der Waals surface area (Å²) in [4.78, 5) is 13.9. The van der Waals surface area contributed by atoms with Gasteiger partial charge in [-0.1, -0.05) is 19.1 Å². The van der Waals surface area contributed by atoms with E-state index < -0.39 is 0 Å². The minimum atomic E-state index is -0.223. The fourth-order valence-corrected chi connectivity index (χ4v) is 2.87. The number of nitrogens with one attached hydrogen (secondary N) is 1. The number of rotatable bonds is 5. The predicted molar refractivity (Wildman–Crippen MR) is 94.8 cm³/mol. The first-order valence-corrected chi connectivity index (χ1v) is 8.45. The van der Waals surface area contributed by atoms with Gasteiger partial charge in [0.15, 0.2) is 0 Å². The molecule has 6 heteroatoms. The maximum atomic E-state index is 13.0. The third kappa shape index (κ3) is 4.20. The molecule has 0 bridgehead atoms. The molecule has 0 spiro atoms. The van der Waals surface area contributed by atoms with E-state index in [1.165, 1.54) is 12.1 Å². The third-order valence-corrected chi connectivity index (χ3v) is 4.35. The SMILES string of the molecule is CCN1CCN(c2cc(C)nc(NCc3ccc(F)cc3)n2)CC1. The molecule has 1 aliphatic rings. The molecule has 1 aromatic heterocycles. The van der Waals surface area contributed by atoms with E-state index in [0.29, 0.717) is 12.5 Å². The van der Waals surface area contributed by atoms with Crippen molar-refractivity contribution in [2.75, 3.05) is 42.9 Å². The average molecular weight is 329 g/mol. The van der Waals surface area contributed by atoms with Gasteiger partial charge in [-0.15, -0.1) is 0 Å². The molecule has 24 heavy (non-hydrogen) atoms. The van der Waals surface area contributed by atoms with Gasteiger partial charge in [0, 0.05) is 44.5 Å². The van der Waals surface area contributed by atoms with Crippen LogP contribution in [0.15, 0.2) is 30.3 Å². The Hall–Kier alpha value is -2.21. The number of aromatic nitrogens is 2. The lowest BCUT2D eigenvalue weighted by molar-refractivity contribution is 0.270. The molecule has 3 rings (SSSR count). The van der Waals surface area contributed by atoms with Crippen LogP contribution in [0.1, 0.15) is 18.2 Å². The normalized spacial score (nSPS) is 15.5. The van der Waals surface area contributed by atoms with Crippen LogP contribution in [0.3, 0.4) is 0 Å². The molecule has 0 unspecified atom stereocenters. The van der Waals surface area contributed by atoms with Gasteiger partial charge in [0.2, 0.25) is 5.95 Å². The van der Waals surface area contributed by atoms with Crippen LogP contribution < -0.4 is 10.2 Å². The Labute approximate surface area is 142 Å². The first kappa shape index (κ1) is 16.6. The summed E-state index contributed by atoms with van der Waals surface area (Å²) in [6, 6.07) is 8.50. The third-order valence-electron chi connectivity index (χ3n) is 4.35. The summed E-state index contributed by atoms with van der Waals surface area (Å²) < 4.78 is 13.0. The lowest BCUT2D eigenvalue weighted by atomic mass is 10.2. The Balaban J connectivity index is 1.66. The van der Waals surface area contributed by atoms with Crippen LogP contribution in [-0.4, -0.2) is 47.6 Å². The molecule has 0 radical (unpaired) electrons. The zero-order chi connectivity index (χ0) is 16.9. The molecule has 1 saturated heterocycles. The lowest BCUT2D eigenvalue weighted by Gasteiger charge is -2.34. The van der Waals surface area contributed by atoms with Gasteiger partial charge in [0.25, 0.3) is 0 Å². The van der Waals surface area contributed by atoms with Crippen molar-refractivity contribution in [3.63, 3.8) is 0 Å². The van der Waals surface area contributed by atoms with E-state index in [4.69, 9.17) is 0 Å². The zero-order valence-corrected chi connectivity index (χ0v) is 14.3. The summed E-state index contributed by atoms with van der Waals surface area (Å²) in [5.74, 6) is 1.37. The van der Waals surface area contributed by atoms with Gasteiger partial charge in [-0.05, 0) is 31.2 Å². The topological polar surface area (TPSA) is 44.3 Å². The molecular formula is C18H24FN5. The standard InChI is InChI=1S/C18H24FN5/c1-3-23-8-10-24(11-9-23)17-12-14(2)21-18(22-17)20-13-15-4-6-16(19)7-5-15/h4-7,12H,3,8-11,13H2,1-2H3,(H,20,21,22). The van der Waals surface area contributed by atoms with E-state index in [9.17, 15) is 4.39 Å². The van der Waals surface area contributed by atoms with Crippen LogP contribution >= 0.6 is 0 Å². The van der Waals surface area contributed by atoms with Crippen LogP contribution in [0, 0.1) is 12.7 Å². The largest absolute Gasteiger partial charge is 0.354 e. The zero-order valence-electron chi connectivity index (χ0n) is 14.3. The van der Waals surface area contributed by atoms with Gasteiger partial charge in [0.05, 0.1) is 0 Å². The van der Waals surface area contributed by atoms with Crippen LogP contribution in [-0.2, 0) is 6.54 Å². The summed E-state index contributed by atoms with van der Waals surface area (Å²) in [5, 5.41) is 3.24. The van der Waals surface area contributed by atoms with Gasteiger partial charge in [-0.3, -0.25) is 0 Å². The fraction of sp³-hybridized carbons (Fsp3) is 0.444.